The molecular weight excluding hydrogens is 387 g/mol. The average molecular weight is 401 g/mol. The number of hydrogen-bond acceptors (Lipinski definition) is 3. The lowest BCUT2D eigenvalue weighted by atomic mass is 10.2. The molecule has 4 rings (SSSR count). The Labute approximate surface area is 160 Å². The molecule has 0 aliphatic carbocycles. The fourth-order valence-electron chi connectivity index (χ4n) is 2.78. The van der Waals surface area contributed by atoms with Crippen molar-refractivity contribution in [2.24, 2.45) is 0 Å². The van der Waals surface area contributed by atoms with Crippen LogP contribution in [0.2, 0.25) is 5.02 Å². The Bertz CT molecular complexity index is 1220. The SMILES string of the molecule is O=S(=O)(c1ccccc1)c1cc2cc(Nc3ccc(F)cc3)c(Cl)cc2[nH]1. The van der Waals surface area contributed by atoms with Crippen LogP contribution in [0.4, 0.5) is 15.8 Å². The number of anilines is 2. The molecule has 7 heteroatoms. The van der Waals surface area contributed by atoms with E-state index < -0.39 is 9.84 Å². The van der Waals surface area contributed by atoms with E-state index in [1.165, 1.54) is 12.1 Å². The molecule has 0 saturated heterocycles. The Morgan fingerprint density at radius 1 is 0.926 bits per heavy atom. The van der Waals surface area contributed by atoms with Crippen molar-refractivity contribution < 1.29 is 12.8 Å². The molecule has 0 radical (unpaired) electrons. The number of hydrogen-bond donors (Lipinski definition) is 2. The van der Waals surface area contributed by atoms with Crippen LogP contribution >= 0.6 is 11.6 Å². The van der Waals surface area contributed by atoms with Crippen molar-refractivity contribution in [3.05, 3.63) is 83.6 Å². The van der Waals surface area contributed by atoms with Crippen molar-refractivity contribution in [1.82, 2.24) is 4.98 Å². The lowest BCUT2D eigenvalue weighted by molar-refractivity contribution is 0.593. The molecule has 0 atom stereocenters. The fourth-order valence-corrected chi connectivity index (χ4v) is 4.29. The third-order valence-corrected chi connectivity index (χ3v) is 6.15. The minimum absolute atomic E-state index is 0.0960. The summed E-state index contributed by atoms with van der Waals surface area (Å²) in [6.07, 6.45) is 0. The van der Waals surface area contributed by atoms with Crippen molar-refractivity contribution in [3.63, 3.8) is 0 Å². The van der Waals surface area contributed by atoms with E-state index in [-0.39, 0.29) is 15.7 Å². The zero-order chi connectivity index (χ0) is 19.0. The molecule has 4 nitrogen and oxygen atoms in total. The van der Waals surface area contributed by atoms with Crippen LogP contribution < -0.4 is 5.32 Å². The number of benzene rings is 3. The first-order valence-corrected chi connectivity index (χ1v) is 9.94. The summed E-state index contributed by atoms with van der Waals surface area (Å²) >= 11 is 6.32. The van der Waals surface area contributed by atoms with Gasteiger partial charge in [-0.25, -0.2) is 12.8 Å². The van der Waals surface area contributed by atoms with Crippen LogP contribution in [0, 0.1) is 5.82 Å². The summed E-state index contributed by atoms with van der Waals surface area (Å²) < 4.78 is 38.6. The van der Waals surface area contributed by atoms with Gasteiger partial charge < -0.3 is 10.3 Å². The van der Waals surface area contributed by atoms with Crippen molar-refractivity contribution in [1.29, 1.82) is 0 Å². The van der Waals surface area contributed by atoms with E-state index in [1.807, 2.05) is 0 Å². The lowest BCUT2D eigenvalue weighted by Gasteiger charge is -2.08. The van der Waals surface area contributed by atoms with Gasteiger partial charge in [0.15, 0.2) is 0 Å². The highest BCUT2D eigenvalue weighted by atomic mass is 35.5. The van der Waals surface area contributed by atoms with E-state index in [0.717, 1.165) is 0 Å². The Balaban J connectivity index is 1.74. The monoisotopic (exact) mass is 400 g/mol. The van der Waals surface area contributed by atoms with Gasteiger partial charge in [-0.15, -0.1) is 0 Å². The summed E-state index contributed by atoms with van der Waals surface area (Å²) in [5.74, 6) is -0.330. The predicted molar refractivity (Wildman–Crippen MR) is 105 cm³/mol. The highest BCUT2D eigenvalue weighted by molar-refractivity contribution is 7.91. The second-order valence-electron chi connectivity index (χ2n) is 6.00. The summed E-state index contributed by atoms with van der Waals surface area (Å²) in [6.45, 7) is 0. The number of halogens is 2. The summed E-state index contributed by atoms with van der Waals surface area (Å²) in [5.41, 5.74) is 1.88. The summed E-state index contributed by atoms with van der Waals surface area (Å²) in [7, 11) is -3.65. The average Bonchev–Trinajstić information content (AvgIpc) is 3.08. The van der Waals surface area contributed by atoms with E-state index in [0.29, 0.717) is 27.3 Å². The van der Waals surface area contributed by atoms with Crippen molar-refractivity contribution >= 4 is 43.7 Å². The molecule has 0 aliphatic rings. The highest BCUT2D eigenvalue weighted by Crippen LogP contribution is 2.32. The second-order valence-corrected chi connectivity index (χ2v) is 8.33. The van der Waals surface area contributed by atoms with Crippen LogP contribution in [0.3, 0.4) is 0 Å². The smallest absolute Gasteiger partial charge is 0.221 e. The summed E-state index contributed by atoms with van der Waals surface area (Å²) in [6, 6.07) is 19.1. The molecule has 136 valence electrons. The summed E-state index contributed by atoms with van der Waals surface area (Å²) in [4.78, 5) is 3.14. The number of rotatable bonds is 4. The lowest BCUT2D eigenvalue weighted by Crippen LogP contribution is -2.01. The maximum Gasteiger partial charge on any atom is 0.221 e. The molecule has 1 aromatic heterocycles. The first-order valence-electron chi connectivity index (χ1n) is 8.08. The van der Waals surface area contributed by atoms with Gasteiger partial charge in [-0.2, -0.15) is 0 Å². The predicted octanol–water partition coefficient (Wildman–Crippen LogP) is 5.54. The largest absolute Gasteiger partial charge is 0.354 e. The van der Waals surface area contributed by atoms with Crippen LogP contribution in [-0.2, 0) is 9.84 Å². The molecule has 2 N–H and O–H groups in total. The van der Waals surface area contributed by atoms with Crippen LogP contribution in [0.15, 0.2) is 82.7 Å². The van der Waals surface area contributed by atoms with Gasteiger partial charge in [-0.3, -0.25) is 0 Å². The van der Waals surface area contributed by atoms with Gasteiger partial charge in [0, 0.05) is 16.6 Å². The number of sulfone groups is 1. The maximum absolute atomic E-state index is 13.1. The quantitative estimate of drug-likeness (QED) is 0.473. The number of H-pyrrole nitrogens is 1. The van der Waals surface area contributed by atoms with E-state index >= 15 is 0 Å². The molecule has 27 heavy (non-hydrogen) atoms. The van der Waals surface area contributed by atoms with Gasteiger partial charge >= 0.3 is 0 Å². The molecule has 0 fully saturated rings. The Morgan fingerprint density at radius 3 is 2.33 bits per heavy atom. The van der Waals surface area contributed by atoms with Crippen LogP contribution in [0.25, 0.3) is 10.9 Å². The molecule has 0 amide bonds. The van der Waals surface area contributed by atoms with E-state index in [2.05, 4.69) is 10.3 Å². The van der Waals surface area contributed by atoms with Crippen LogP contribution in [0.5, 0.6) is 0 Å². The first-order chi connectivity index (χ1) is 12.9. The minimum atomic E-state index is -3.65. The molecular formula is C20H14ClFN2O2S. The molecule has 0 bridgehead atoms. The summed E-state index contributed by atoms with van der Waals surface area (Å²) in [5, 5.41) is 4.31. The Morgan fingerprint density at radius 2 is 1.63 bits per heavy atom. The fraction of sp³-hybridized carbons (Fsp3) is 0. The minimum Gasteiger partial charge on any atom is -0.354 e. The van der Waals surface area contributed by atoms with Gasteiger partial charge in [0.05, 0.1) is 15.6 Å². The molecule has 0 unspecified atom stereocenters. The van der Waals surface area contributed by atoms with Gasteiger partial charge in [0.1, 0.15) is 10.8 Å². The molecule has 0 saturated carbocycles. The van der Waals surface area contributed by atoms with Gasteiger partial charge in [0.2, 0.25) is 9.84 Å². The van der Waals surface area contributed by atoms with E-state index in [4.69, 9.17) is 11.6 Å². The first kappa shape index (κ1) is 17.6. The van der Waals surface area contributed by atoms with Crippen molar-refractivity contribution in [2.75, 3.05) is 5.32 Å². The molecule has 0 aliphatic heterocycles. The molecule has 4 aromatic rings. The number of nitrogens with one attached hydrogen (secondary N) is 2. The topological polar surface area (TPSA) is 62.0 Å². The highest BCUT2D eigenvalue weighted by Gasteiger charge is 2.20. The van der Waals surface area contributed by atoms with E-state index in [9.17, 15) is 12.8 Å². The zero-order valence-corrected chi connectivity index (χ0v) is 15.5. The van der Waals surface area contributed by atoms with Crippen LogP contribution in [0.1, 0.15) is 0 Å². The van der Waals surface area contributed by atoms with Gasteiger partial charge in [-0.05, 0) is 54.6 Å². The number of fused-ring (bicyclic) bond motifs is 1. The van der Waals surface area contributed by atoms with Gasteiger partial charge in [-0.1, -0.05) is 29.8 Å². The zero-order valence-electron chi connectivity index (χ0n) is 13.9. The van der Waals surface area contributed by atoms with E-state index in [1.54, 1.807) is 60.7 Å². The van der Waals surface area contributed by atoms with Crippen molar-refractivity contribution in [2.45, 2.75) is 9.92 Å². The molecule has 1 heterocycles. The van der Waals surface area contributed by atoms with Crippen molar-refractivity contribution in [3.8, 4) is 0 Å². The standard InChI is InChI=1S/C20H14ClFN2O2S/c21-17-12-18-13(10-19(17)23-15-8-6-14(22)7-9-15)11-20(24-18)27(25,26)16-4-2-1-3-5-16/h1-12,23-24H. The van der Waals surface area contributed by atoms with Crippen LogP contribution in [-0.4, -0.2) is 13.4 Å². The third kappa shape index (κ3) is 3.41. The van der Waals surface area contributed by atoms with Gasteiger partial charge in [0.25, 0.3) is 0 Å². The Kier molecular flexibility index (Phi) is 4.37. The number of aromatic nitrogens is 1. The Hall–Kier alpha value is -2.83. The molecule has 3 aromatic carbocycles. The maximum atomic E-state index is 13.1. The molecule has 0 spiro atoms. The second kappa shape index (κ2) is 6.72. The third-order valence-electron chi connectivity index (χ3n) is 4.15. The number of aromatic amines is 1. The normalized spacial score (nSPS) is 11.6.